The highest BCUT2D eigenvalue weighted by Crippen LogP contribution is 2.27. The first kappa shape index (κ1) is 19.6. The van der Waals surface area contributed by atoms with Crippen molar-refractivity contribution in [1.29, 1.82) is 0 Å². The van der Waals surface area contributed by atoms with Gasteiger partial charge in [-0.1, -0.05) is 17.7 Å². The molecule has 2 fully saturated rings. The van der Waals surface area contributed by atoms with Gasteiger partial charge in [-0.25, -0.2) is 0 Å². The van der Waals surface area contributed by atoms with Gasteiger partial charge in [-0.15, -0.1) is 0 Å². The summed E-state index contributed by atoms with van der Waals surface area (Å²) < 4.78 is 10.8. The molecule has 0 aliphatic carbocycles. The Morgan fingerprint density at radius 3 is 1.65 bits per heavy atom. The number of nitrogens with zero attached hydrogens (tertiary/aromatic N) is 2. The van der Waals surface area contributed by atoms with Crippen molar-refractivity contribution in [2.24, 2.45) is 0 Å². The van der Waals surface area contributed by atoms with Crippen molar-refractivity contribution >= 4 is 0 Å². The van der Waals surface area contributed by atoms with E-state index in [-0.39, 0.29) is 0 Å². The molecule has 0 aromatic heterocycles. The highest BCUT2D eigenvalue weighted by atomic mass is 16.5. The fraction of sp³-hybridized carbons (Fsp3) is 0.714. The number of phenols is 1. The molecule has 0 bridgehead atoms. The van der Waals surface area contributed by atoms with Crippen LogP contribution in [0, 0.1) is 6.92 Å². The summed E-state index contributed by atoms with van der Waals surface area (Å²) in [5.74, 6) is 0.527. The van der Waals surface area contributed by atoms with Crippen LogP contribution in [0.2, 0.25) is 0 Å². The van der Waals surface area contributed by atoms with Gasteiger partial charge in [0.25, 0.3) is 0 Å². The van der Waals surface area contributed by atoms with E-state index in [1.807, 2.05) is 0 Å². The molecule has 146 valence electrons. The Kier molecular flexibility index (Phi) is 7.74. The Morgan fingerprint density at radius 2 is 1.23 bits per heavy atom. The number of aryl methyl sites for hydroxylation is 3. The predicted octanol–water partition coefficient (Wildman–Crippen LogP) is 2.23. The summed E-state index contributed by atoms with van der Waals surface area (Å²) in [4.78, 5) is 4.92. The monoisotopic (exact) mass is 362 g/mol. The van der Waals surface area contributed by atoms with Gasteiger partial charge in [0.1, 0.15) is 5.75 Å². The van der Waals surface area contributed by atoms with E-state index in [4.69, 9.17) is 9.47 Å². The molecule has 0 atom stereocenters. The Labute approximate surface area is 157 Å². The van der Waals surface area contributed by atoms with Gasteiger partial charge in [-0.3, -0.25) is 9.80 Å². The Hall–Kier alpha value is -1.14. The van der Waals surface area contributed by atoms with Crippen molar-refractivity contribution in [3.8, 4) is 5.75 Å². The van der Waals surface area contributed by atoms with Gasteiger partial charge in [0.2, 0.25) is 0 Å². The average Bonchev–Trinajstić information content (AvgIpc) is 2.67. The standard InChI is InChI=1S/C21H34N2O3/c1-18-16-19(4-2-6-22-8-12-25-13-9-22)21(24)20(17-18)5-3-7-23-10-14-26-15-11-23/h16-17,24H,2-15H2,1H3. The molecule has 2 aliphatic heterocycles. The molecule has 1 N–H and O–H groups in total. The molecular weight excluding hydrogens is 328 g/mol. The van der Waals surface area contributed by atoms with Crippen LogP contribution in [0.4, 0.5) is 0 Å². The molecule has 2 aliphatic rings. The molecule has 3 rings (SSSR count). The van der Waals surface area contributed by atoms with Crippen LogP contribution in [0.1, 0.15) is 29.5 Å². The molecule has 26 heavy (non-hydrogen) atoms. The van der Waals surface area contributed by atoms with Crippen LogP contribution in [-0.4, -0.2) is 80.6 Å². The summed E-state index contributed by atoms with van der Waals surface area (Å²) in [6, 6.07) is 4.31. The minimum Gasteiger partial charge on any atom is -0.507 e. The lowest BCUT2D eigenvalue weighted by atomic mass is 9.98. The smallest absolute Gasteiger partial charge is 0.121 e. The molecule has 1 aromatic carbocycles. The van der Waals surface area contributed by atoms with Gasteiger partial charge in [0.15, 0.2) is 0 Å². The van der Waals surface area contributed by atoms with Crippen LogP contribution in [0.3, 0.4) is 0 Å². The van der Waals surface area contributed by atoms with Gasteiger partial charge < -0.3 is 14.6 Å². The lowest BCUT2D eigenvalue weighted by Gasteiger charge is -2.26. The van der Waals surface area contributed by atoms with Gasteiger partial charge in [-0.2, -0.15) is 0 Å². The number of benzene rings is 1. The fourth-order valence-corrected chi connectivity index (χ4v) is 3.95. The maximum Gasteiger partial charge on any atom is 0.121 e. The van der Waals surface area contributed by atoms with E-state index >= 15 is 0 Å². The lowest BCUT2D eigenvalue weighted by Crippen LogP contribution is -2.37. The zero-order valence-electron chi connectivity index (χ0n) is 16.2. The maximum absolute atomic E-state index is 10.7. The van der Waals surface area contributed by atoms with E-state index in [1.165, 1.54) is 5.56 Å². The van der Waals surface area contributed by atoms with Crippen LogP contribution in [0.25, 0.3) is 0 Å². The highest BCUT2D eigenvalue weighted by Gasteiger charge is 2.13. The number of phenolic OH excluding ortho intramolecular Hbond substituents is 1. The zero-order chi connectivity index (χ0) is 18.2. The summed E-state index contributed by atoms with van der Waals surface area (Å²) in [7, 11) is 0. The Morgan fingerprint density at radius 1 is 0.808 bits per heavy atom. The second kappa shape index (κ2) is 10.3. The largest absolute Gasteiger partial charge is 0.507 e. The predicted molar refractivity (Wildman–Crippen MR) is 104 cm³/mol. The van der Waals surface area contributed by atoms with Crippen molar-refractivity contribution in [2.45, 2.75) is 32.6 Å². The first-order valence-corrected chi connectivity index (χ1v) is 10.1. The number of morpholine rings is 2. The summed E-state index contributed by atoms with van der Waals surface area (Å²) in [5, 5.41) is 10.7. The molecule has 5 nitrogen and oxygen atoms in total. The van der Waals surface area contributed by atoms with E-state index in [2.05, 4.69) is 28.9 Å². The SMILES string of the molecule is Cc1cc(CCCN2CCOCC2)c(O)c(CCCN2CCOCC2)c1. The first-order valence-electron chi connectivity index (χ1n) is 10.1. The van der Waals surface area contributed by atoms with Gasteiger partial charge in [0, 0.05) is 26.2 Å². The van der Waals surface area contributed by atoms with E-state index in [9.17, 15) is 5.11 Å². The number of aromatic hydroxyl groups is 1. The summed E-state index contributed by atoms with van der Waals surface area (Å²) in [6.45, 7) is 11.8. The van der Waals surface area contributed by atoms with Crippen LogP contribution in [0.5, 0.6) is 5.75 Å². The maximum atomic E-state index is 10.7. The lowest BCUT2D eigenvalue weighted by molar-refractivity contribution is 0.0374. The van der Waals surface area contributed by atoms with Crippen molar-refractivity contribution in [1.82, 2.24) is 9.80 Å². The van der Waals surface area contributed by atoms with Gasteiger partial charge in [-0.05, 0) is 56.8 Å². The molecule has 0 spiro atoms. The van der Waals surface area contributed by atoms with E-state index in [1.54, 1.807) is 0 Å². The van der Waals surface area contributed by atoms with Crippen molar-refractivity contribution < 1.29 is 14.6 Å². The van der Waals surface area contributed by atoms with E-state index < -0.39 is 0 Å². The molecular formula is C21H34N2O3. The molecule has 0 saturated carbocycles. The first-order chi connectivity index (χ1) is 12.7. The zero-order valence-corrected chi connectivity index (χ0v) is 16.2. The molecule has 0 radical (unpaired) electrons. The summed E-state index contributed by atoms with van der Waals surface area (Å²) in [5.41, 5.74) is 3.48. The van der Waals surface area contributed by atoms with Gasteiger partial charge in [0.05, 0.1) is 26.4 Å². The number of rotatable bonds is 8. The average molecular weight is 363 g/mol. The number of ether oxygens (including phenoxy) is 2. The molecule has 2 saturated heterocycles. The number of hydrogen-bond acceptors (Lipinski definition) is 5. The third-order valence-electron chi connectivity index (χ3n) is 5.46. The third-order valence-corrected chi connectivity index (χ3v) is 5.46. The van der Waals surface area contributed by atoms with Crippen LogP contribution in [-0.2, 0) is 22.3 Å². The van der Waals surface area contributed by atoms with E-state index in [0.717, 1.165) is 103 Å². The van der Waals surface area contributed by atoms with Crippen molar-refractivity contribution in [2.75, 3.05) is 65.7 Å². The number of hydrogen-bond donors (Lipinski definition) is 1. The van der Waals surface area contributed by atoms with E-state index in [0.29, 0.717) is 5.75 Å². The minimum atomic E-state index is 0.527. The molecule has 2 heterocycles. The molecule has 0 unspecified atom stereocenters. The van der Waals surface area contributed by atoms with Crippen LogP contribution >= 0.6 is 0 Å². The molecule has 5 heteroatoms. The Balaban J connectivity index is 1.48. The van der Waals surface area contributed by atoms with Crippen LogP contribution in [0.15, 0.2) is 12.1 Å². The minimum absolute atomic E-state index is 0.527. The fourth-order valence-electron chi connectivity index (χ4n) is 3.95. The summed E-state index contributed by atoms with van der Waals surface area (Å²) >= 11 is 0. The van der Waals surface area contributed by atoms with Gasteiger partial charge >= 0.3 is 0 Å². The van der Waals surface area contributed by atoms with Crippen molar-refractivity contribution in [3.63, 3.8) is 0 Å². The molecule has 0 amide bonds. The van der Waals surface area contributed by atoms with Crippen LogP contribution < -0.4 is 0 Å². The molecule has 1 aromatic rings. The normalized spacial score (nSPS) is 19.7. The second-order valence-corrected chi connectivity index (χ2v) is 7.55. The van der Waals surface area contributed by atoms with Crippen molar-refractivity contribution in [3.05, 3.63) is 28.8 Å². The highest BCUT2D eigenvalue weighted by molar-refractivity contribution is 5.43. The quantitative estimate of drug-likeness (QED) is 0.768. The second-order valence-electron chi connectivity index (χ2n) is 7.55. The third kappa shape index (κ3) is 5.95. The Bertz CT molecular complexity index is 507. The summed E-state index contributed by atoms with van der Waals surface area (Å²) in [6.07, 6.45) is 4.07. The topological polar surface area (TPSA) is 45.2 Å².